The summed E-state index contributed by atoms with van der Waals surface area (Å²) < 4.78 is 5.45. The molecule has 24 heavy (non-hydrogen) atoms. The highest BCUT2D eigenvalue weighted by atomic mass is 16.5. The summed E-state index contributed by atoms with van der Waals surface area (Å²) in [4.78, 5) is 31.3. The first-order chi connectivity index (χ1) is 11.6. The number of phenols is 1. The minimum atomic E-state index is -0.703. The van der Waals surface area contributed by atoms with Gasteiger partial charge in [-0.15, -0.1) is 0 Å². The molecule has 0 bridgehead atoms. The van der Waals surface area contributed by atoms with Crippen LogP contribution in [0.25, 0.3) is 0 Å². The number of amides is 2. The molecule has 1 unspecified atom stereocenters. The fraction of sp³-hybridized carbons (Fsp3) is 0.250. The number of aromatic nitrogens is 2. The molecule has 1 aromatic heterocycles. The van der Waals surface area contributed by atoms with Crippen LogP contribution in [0.3, 0.4) is 0 Å². The summed E-state index contributed by atoms with van der Waals surface area (Å²) in [5.41, 5.74) is 0.216. The van der Waals surface area contributed by atoms with Gasteiger partial charge in [-0.2, -0.15) is 0 Å². The van der Waals surface area contributed by atoms with Gasteiger partial charge in [0.15, 0.2) is 6.10 Å². The Morgan fingerprint density at radius 2 is 1.88 bits per heavy atom. The Labute approximate surface area is 138 Å². The van der Waals surface area contributed by atoms with E-state index in [1.807, 2.05) is 0 Å². The smallest absolute Gasteiger partial charge is 0.271 e. The summed E-state index contributed by atoms with van der Waals surface area (Å²) in [5, 5.41) is 14.5. The number of ether oxygens (including phenoxy) is 1. The van der Waals surface area contributed by atoms with E-state index in [0.29, 0.717) is 5.75 Å². The number of hydrogen-bond donors (Lipinski definition) is 3. The van der Waals surface area contributed by atoms with Crippen molar-refractivity contribution in [2.45, 2.75) is 13.0 Å². The Kier molecular flexibility index (Phi) is 6.07. The lowest BCUT2D eigenvalue weighted by Gasteiger charge is -2.14. The van der Waals surface area contributed by atoms with E-state index in [9.17, 15) is 14.7 Å². The normalized spacial score (nSPS) is 11.4. The Bertz CT molecular complexity index is 676. The fourth-order valence-electron chi connectivity index (χ4n) is 1.79. The largest absolute Gasteiger partial charge is 0.508 e. The van der Waals surface area contributed by atoms with E-state index in [1.165, 1.54) is 30.7 Å². The number of nitrogens with zero attached hydrogens (tertiary/aromatic N) is 2. The molecular weight excluding hydrogens is 312 g/mol. The van der Waals surface area contributed by atoms with E-state index in [2.05, 4.69) is 20.6 Å². The average molecular weight is 330 g/mol. The Morgan fingerprint density at radius 1 is 1.17 bits per heavy atom. The van der Waals surface area contributed by atoms with Crippen LogP contribution in [-0.4, -0.2) is 46.1 Å². The first kappa shape index (κ1) is 17.2. The molecule has 126 valence electrons. The minimum absolute atomic E-state index is 0.123. The molecule has 0 saturated carbocycles. The zero-order valence-electron chi connectivity index (χ0n) is 13.1. The number of carbonyl (C=O) groups excluding carboxylic acids is 2. The van der Waals surface area contributed by atoms with Crippen molar-refractivity contribution in [1.82, 2.24) is 20.6 Å². The lowest BCUT2D eigenvalue weighted by atomic mass is 10.3. The molecule has 0 spiro atoms. The van der Waals surface area contributed by atoms with Gasteiger partial charge >= 0.3 is 0 Å². The summed E-state index contributed by atoms with van der Waals surface area (Å²) in [6.07, 6.45) is 3.57. The van der Waals surface area contributed by atoms with Crippen LogP contribution in [0.2, 0.25) is 0 Å². The molecule has 2 amide bonds. The van der Waals surface area contributed by atoms with Crippen LogP contribution in [0.5, 0.6) is 11.5 Å². The van der Waals surface area contributed by atoms with Crippen molar-refractivity contribution in [3.63, 3.8) is 0 Å². The van der Waals surface area contributed by atoms with Gasteiger partial charge in [-0.25, -0.2) is 4.98 Å². The molecule has 0 fully saturated rings. The quantitative estimate of drug-likeness (QED) is 0.637. The van der Waals surface area contributed by atoms with Crippen LogP contribution in [0.4, 0.5) is 0 Å². The van der Waals surface area contributed by atoms with E-state index in [0.717, 1.165) is 0 Å². The molecule has 0 saturated heterocycles. The lowest BCUT2D eigenvalue weighted by Crippen LogP contribution is -2.40. The van der Waals surface area contributed by atoms with Crippen molar-refractivity contribution in [2.75, 3.05) is 13.1 Å². The zero-order chi connectivity index (χ0) is 17.4. The zero-order valence-corrected chi connectivity index (χ0v) is 13.1. The molecular formula is C16H18N4O4. The van der Waals surface area contributed by atoms with Crippen LogP contribution >= 0.6 is 0 Å². The highest BCUT2D eigenvalue weighted by molar-refractivity contribution is 5.91. The molecule has 1 heterocycles. The minimum Gasteiger partial charge on any atom is -0.508 e. The number of nitrogens with one attached hydrogen (secondary N) is 2. The van der Waals surface area contributed by atoms with Crippen molar-refractivity contribution in [3.05, 3.63) is 48.5 Å². The van der Waals surface area contributed by atoms with Crippen molar-refractivity contribution < 1.29 is 19.4 Å². The van der Waals surface area contributed by atoms with Gasteiger partial charge < -0.3 is 20.5 Å². The summed E-state index contributed by atoms with van der Waals surface area (Å²) >= 11 is 0. The van der Waals surface area contributed by atoms with Gasteiger partial charge in [0.1, 0.15) is 17.2 Å². The van der Waals surface area contributed by atoms with Gasteiger partial charge in [0.2, 0.25) is 0 Å². The standard InChI is InChI=1S/C16H18N4O4/c1-11(24-13-4-2-12(21)3-5-13)15(22)19-8-9-20-16(23)14-10-17-6-7-18-14/h2-7,10-11,21H,8-9H2,1H3,(H,19,22)(H,20,23). The molecule has 8 nitrogen and oxygen atoms in total. The third kappa shape index (κ3) is 5.24. The molecule has 0 radical (unpaired) electrons. The first-order valence-electron chi connectivity index (χ1n) is 7.34. The molecule has 0 aliphatic carbocycles. The van der Waals surface area contributed by atoms with E-state index < -0.39 is 6.10 Å². The summed E-state index contributed by atoms with van der Waals surface area (Å²) in [6.45, 7) is 2.13. The summed E-state index contributed by atoms with van der Waals surface area (Å²) in [5.74, 6) is -0.0627. The Balaban J connectivity index is 1.69. The highest BCUT2D eigenvalue weighted by Crippen LogP contribution is 2.17. The second-order valence-corrected chi connectivity index (χ2v) is 4.89. The number of benzene rings is 1. The Hall–Kier alpha value is -3.16. The molecule has 8 heteroatoms. The molecule has 0 aliphatic rings. The number of rotatable bonds is 7. The van der Waals surface area contributed by atoms with Crippen LogP contribution in [-0.2, 0) is 4.79 Å². The number of hydrogen-bond acceptors (Lipinski definition) is 6. The maximum atomic E-state index is 11.9. The van der Waals surface area contributed by atoms with Gasteiger partial charge in [-0.05, 0) is 31.2 Å². The molecule has 1 atom stereocenters. The summed E-state index contributed by atoms with van der Waals surface area (Å²) in [7, 11) is 0. The van der Waals surface area contributed by atoms with E-state index in [4.69, 9.17) is 4.74 Å². The third-order valence-electron chi connectivity index (χ3n) is 3.02. The second kappa shape index (κ2) is 8.47. The molecule has 1 aromatic carbocycles. The van der Waals surface area contributed by atoms with Gasteiger partial charge in [0.05, 0.1) is 6.20 Å². The van der Waals surface area contributed by atoms with E-state index in [1.54, 1.807) is 19.1 Å². The fourth-order valence-corrected chi connectivity index (χ4v) is 1.79. The first-order valence-corrected chi connectivity index (χ1v) is 7.34. The van der Waals surface area contributed by atoms with Crippen molar-refractivity contribution in [2.24, 2.45) is 0 Å². The molecule has 0 aliphatic heterocycles. The van der Waals surface area contributed by atoms with E-state index in [-0.39, 0.29) is 36.3 Å². The summed E-state index contributed by atoms with van der Waals surface area (Å²) in [6, 6.07) is 6.09. The average Bonchev–Trinajstić information content (AvgIpc) is 2.61. The van der Waals surface area contributed by atoms with E-state index >= 15 is 0 Å². The highest BCUT2D eigenvalue weighted by Gasteiger charge is 2.14. The molecule has 2 rings (SSSR count). The lowest BCUT2D eigenvalue weighted by molar-refractivity contribution is -0.127. The SMILES string of the molecule is CC(Oc1ccc(O)cc1)C(=O)NCCNC(=O)c1cnccn1. The third-order valence-corrected chi connectivity index (χ3v) is 3.02. The van der Waals surface area contributed by atoms with Crippen LogP contribution in [0.1, 0.15) is 17.4 Å². The predicted octanol–water partition coefficient (Wildman–Crippen LogP) is 0.496. The van der Waals surface area contributed by atoms with Gasteiger partial charge in [0, 0.05) is 25.5 Å². The number of phenolic OH excluding ortho intramolecular Hbond substituents is 1. The molecule has 2 aromatic rings. The van der Waals surface area contributed by atoms with Crippen molar-refractivity contribution in [3.8, 4) is 11.5 Å². The van der Waals surface area contributed by atoms with Gasteiger partial charge in [-0.1, -0.05) is 0 Å². The maximum Gasteiger partial charge on any atom is 0.271 e. The van der Waals surface area contributed by atoms with Gasteiger partial charge in [0.25, 0.3) is 11.8 Å². The molecule has 3 N–H and O–H groups in total. The van der Waals surface area contributed by atoms with Crippen LogP contribution < -0.4 is 15.4 Å². The number of carbonyl (C=O) groups is 2. The second-order valence-electron chi connectivity index (χ2n) is 4.89. The maximum absolute atomic E-state index is 11.9. The van der Waals surface area contributed by atoms with Crippen molar-refractivity contribution in [1.29, 1.82) is 0 Å². The number of aromatic hydroxyl groups is 1. The van der Waals surface area contributed by atoms with Gasteiger partial charge in [-0.3, -0.25) is 14.6 Å². The van der Waals surface area contributed by atoms with Crippen molar-refractivity contribution >= 4 is 11.8 Å². The van der Waals surface area contributed by atoms with Crippen LogP contribution in [0.15, 0.2) is 42.9 Å². The predicted molar refractivity (Wildman–Crippen MR) is 85.6 cm³/mol. The topological polar surface area (TPSA) is 113 Å². The monoisotopic (exact) mass is 330 g/mol. The Morgan fingerprint density at radius 3 is 2.54 bits per heavy atom. The van der Waals surface area contributed by atoms with Crippen LogP contribution in [0, 0.1) is 0 Å².